The summed E-state index contributed by atoms with van der Waals surface area (Å²) in [6, 6.07) is 1.75. The molecular weight excluding hydrogens is 305 g/mol. The average molecular weight is 319 g/mol. The van der Waals surface area contributed by atoms with E-state index < -0.39 is 0 Å². The summed E-state index contributed by atoms with van der Waals surface area (Å²) in [6.07, 6.45) is 1.55. The summed E-state index contributed by atoms with van der Waals surface area (Å²) in [5, 5.41) is 6.44. The maximum absolute atomic E-state index is 12.0. The summed E-state index contributed by atoms with van der Waals surface area (Å²) < 4.78 is 0.676. The van der Waals surface area contributed by atoms with Crippen LogP contribution in [0.1, 0.15) is 6.92 Å². The third-order valence-corrected chi connectivity index (χ3v) is 4.05. The predicted octanol–water partition coefficient (Wildman–Crippen LogP) is 2.29. The number of carbonyl (C=O) groups excluding carboxylic acids is 1. The summed E-state index contributed by atoms with van der Waals surface area (Å²) in [4.78, 5) is 16.0. The smallest absolute Gasteiger partial charge is 0.229 e. The second-order valence-electron chi connectivity index (χ2n) is 4.23. The predicted molar refractivity (Wildman–Crippen MR) is 71.1 cm³/mol. The average Bonchev–Trinajstić information content (AvgIpc) is 2.70. The first kappa shape index (κ1) is 12.8. The Morgan fingerprint density at radius 1 is 1.65 bits per heavy atom. The molecule has 1 aromatic heterocycles. The molecule has 1 amide bonds. The molecule has 6 heteroatoms. The molecule has 0 radical (unpaired) electrons. The van der Waals surface area contributed by atoms with E-state index in [0.29, 0.717) is 21.2 Å². The van der Waals surface area contributed by atoms with Crippen molar-refractivity contribution in [2.24, 2.45) is 11.8 Å². The van der Waals surface area contributed by atoms with Gasteiger partial charge in [0.25, 0.3) is 0 Å². The lowest BCUT2D eigenvalue weighted by Crippen LogP contribution is -2.27. The van der Waals surface area contributed by atoms with E-state index in [1.165, 1.54) is 0 Å². The van der Waals surface area contributed by atoms with Gasteiger partial charge in [-0.3, -0.25) is 4.79 Å². The first-order valence-corrected chi connectivity index (χ1v) is 6.57. The molecule has 0 aliphatic carbocycles. The number of hydrogen-bond donors (Lipinski definition) is 2. The highest BCUT2D eigenvalue weighted by Crippen LogP contribution is 2.24. The number of nitrogens with zero attached hydrogens (tertiary/aromatic N) is 1. The molecule has 0 saturated carbocycles. The van der Waals surface area contributed by atoms with Gasteiger partial charge < -0.3 is 10.6 Å². The quantitative estimate of drug-likeness (QED) is 0.823. The zero-order chi connectivity index (χ0) is 12.4. The Morgan fingerprint density at radius 3 is 3.00 bits per heavy atom. The van der Waals surface area contributed by atoms with Crippen LogP contribution in [0.5, 0.6) is 0 Å². The Hall–Kier alpha value is -0.650. The highest BCUT2D eigenvalue weighted by atomic mass is 79.9. The van der Waals surface area contributed by atoms with Gasteiger partial charge in [0, 0.05) is 6.54 Å². The summed E-state index contributed by atoms with van der Waals surface area (Å²) in [5.74, 6) is 0.404. The molecule has 2 rings (SSSR count). The fourth-order valence-electron chi connectivity index (χ4n) is 1.89. The van der Waals surface area contributed by atoms with Crippen molar-refractivity contribution in [3.8, 4) is 0 Å². The lowest BCUT2D eigenvalue weighted by atomic mass is 9.97. The van der Waals surface area contributed by atoms with Crippen LogP contribution in [0, 0.1) is 11.8 Å². The molecule has 1 saturated heterocycles. The van der Waals surface area contributed by atoms with Gasteiger partial charge in [0.05, 0.1) is 22.3 Å². The zero-order valence-corrected chi connectivity index (χ0v) is 11.7. The van der Waals surface area contributed by atoms with Gasteiger partial charge in [-0.15, -0.1) is 0 Å². The molecule has 4 nitrogen and oxygen atoms in total. The van der Waals surface area contributed by atoms with Crippen molar-refractivity contribution in [2.45, 2.75) is 6.92 Å². The molecule has 1 aliphatic rings. The number of anilines is 1. The van der Waals surface area contributed by atoms with Crippen LogP contribution in [0.2, 0.25) is 5.15 Å². The van der Waals surface area contributed by atoms with Crippen molar-refractivity contribution < 1.29 is 4.79 Å². The molecule has 2 N–H and O–H groups in total. The Morgan fingerprint density at radius 2 is 2.41 bits per heavy atom. The lowest BCUT2D eigenvalue weighted by molar-refractivity contribution is -0.120. The fraction of sp³-hybridized carbons (Fsp3) is 0.455. The molecule has 1 fully saturated rings. The molecule has 2 heterocycles. The van der Waals surface area contributed by atoms with Crippen LogP contribution < -0.4 is 10.6 Å². The summed E-state index contributed by atoms with van der Waals surface area (Å²) in [7, 11) is 0. The van der Waals surface area contributed by atoms with Crippen molar-refractivity contribution in [2.75, 3.05) is 18.4 Å². The monoisotopic (exact) mass is 317 g/mol. The van der Waals surface area contributed by atoms with Gasteiger partial charge >= 0.3 is 0 Å². The van der Waals surface area contributed by atoms with E-state index in [1.54, 1.807) is 12.3 Å². The highest BCUT2D eigenvalue weighted by Gasteiger charge is 2.29. The van der Waals surface area contributed by atoms with E-state index in [0.717, 1.165) is 13.1 Å². The van der Waals surface area contributed by atoms with Gasteiger partial charge in [-0.25, -0.2) is 4.98 Å². The van der Waals surface area contributed by atoms with Crippen LogP contribution in [0.4, 0.5) is 5.69 Å². The Labute approximate surface area is 113 Å². The normalized spacial score (nSPS) is 23.7. The van der Waals surface area contributed by atoms with Crippen molar-refractivity contribution in [1.29, 1.82) is 0 Å². The fourth-order valence-corrected chi connectivity index (χ4v) is 2.34. The van der Waals surface area contributed by atoms with E-state index in [1.807, 2.05) is 0 Å². The minimum atomic E-state index is 0.0180. The second kappa shape index (κ2) is 5.33. The van der Waals surface area contributed by atoms with Gasteiger partial charge in [-0.1, -0.05) is 18.5 Å². The summed E-state index contributed by atoms with van der Waals surface area (Å²) >= 11 is 9.06. The van der Waals surface area contributed by atoms with E-state index in [4.69, 9.17) is 11.6 Å². The number of rotatable bonds is 2. The maximum Gasteiger partial charge on any atom is 0.229 e. The number of nitrogens with one attached hydrogen (secondary N) is 2. The number of amides is 1. The number of carbonyl (C=O) groups is 1. The van der Waals surface area contributed by atoms with Gasteiger partial charge in [0.15, 0.2) is 0 Å². The van der Waals surface area contributed by atoms with Gasteiger partial charge in [0.2, 0.25) is 5.91 Å². The molecule has 0 bridgehead atoms. The third-order valence-electron chi connectivity index (χ3n) is 2.92. The zero-order valence-electron chi connectivity index (χ0n) is 9.34. The number of hydrogen-bond acceptors (Lipinski definition) is 3. The van der Waals surface area contributed by atoms with Gasteiger partial charge in [-0.05, 0) is 34.5 Å². The number of halogens is 2. The van der Waals surface area contributed by atoms with Gasteiger partial charge in [0.1, 0.15) is 5.15 Å². The molecular formula is C11H13BrClN3O. The van der Waals surface area contributed by atoms with Crippen LogP contribution >= 0.6 is 27.5 Å². The Balaban J connectivity index is 2.05. The van der Waals surface area contributed by atoms with Crippen LogP contribution in [-0.2, 0) is 4.79 Å². The van der Waals surface area contributed by atoms with Crippen molar-refractivity contribution in [3.05, 3.63) is 21.9 Å². The minimum absolute atomic E-state index is 0.0180. The standard InChI is InChI=1S/C11H13BrClN3O/c1-6-3-14-5-8(6)11(17)16-7-2-9(12)10(13)15-4-7/h2,4,6,8,14H,3,5H2,1H3,(H,16,17)/t6-,8-/m1/s1. The molecule has 0 unspecified atom stereocenters. The van der Waals surface area contributed by atoms with E-state index in [2.05, 4.69) is 38.5 Å². The molecule has 1 aromatic rings. The first-order chi connectivity index (χ1) is 8.08. The van der Waals surface area contributed by atoms with Crippen LogP contribution in [0.3, 0.4) is 0 Å². The second-order valence-corrected chi connectivity index (χ2v) is 5.44. The Bertz CT molecular complexity index is 441. The maximum atomic E-state index is 12.0. The van der Waals surface area contributed by atoms with Crippen molar-refractivity contribution >= 4 is 39.1 Å². The van der Waals surface area contributed by atoms with Crippen LogP contribution in [0.25, 0.3) is 0 Å². The number of pyridine rings is 1. The van der Waals surface area contributed by atoms with E-state index in [-0.39, 0.29) is 11.8 Å². The van der Waals surface area contributed by atoms with E-state index in [9.17, 15) is 4.79 Å². The van der Waals surface area contributed by atoms with Crippen molar-refractivity contribution in [3.63, 3.8) is 0 Å². The lowest BCUT2D eigenvalue weighted by Gasteiger charge is -2.14. The topological polar surface area (TPSA) is 54.0 Å². The summed E-state index contributed by atoms with van der Waals surface area (Å²) in [5.41, 5.74) is 0.658. The Kier molecular flexibility index (Phi) is 4.01. The van der Waals surface area contributed by atoms with Crippen LogP contribution in [-0.4, -0.2) is 24.0 Å². The molecule has 0 aromatic carbocycles. The largest absolute Gasteiger partial charge is 0.324 e. The van der Waals surface area contributed by atoms with Gasteiger partial charge in [-0.2, -0.15) is 0 Å². The molecule has 17 heavy (non-hydrogen) atoms. The number of aromatic nitrogens is 1. The minimum Gasteiger partial charge on any atom is -0.324 e. The molecule has 0 spiro atoms. The molecule has 2 atom stereocenters. The SMILES string of the molecule is C[C@@H]1CNC[C@H]1C(=O)Nc1cnc(Cl)c(Br)c1. The molecule has 1 aliphatic heterocycles. The summed E-state index contributed by atoms with van der Waals surface area (Å²) in [6.45, 7) is 3.69. The van der Waals surface area contributed by atoms with Crippen LogP contribution in [0.15, 0.2) is 16.7 Å². The first-order valence-electron chi connectivity index (χ1n) is 5.40. The van der Waals surface area contributed by atoms with Crippen molar-refractivity contribution in [1.82, 2.24) is 10.3 Å². The van der Waals surface area contributed by atoms with E-state index >= 15 is 0 Å². The third kappa shape index (κ3) is 2.97. The molecule has 92 valence electrons. The highest BCUT2D eigenvalue weighted by molar-refractivity contribution is 9.10.